The molecule has 0 aromatic carbocycles. The normalized spacial score (nSPS) is 24.6. The van der Waals surface area contributed by atoms with Crippen molar-refractivity contribution >= 4 is 5.97 Å². The summed E-state index contributed by atoms with van der Waals surface area (Å²) in [6, 6.07) is 0. The van der Waals surface area contributed by atoms with Gasteiger partial charge in [0, 0.05) is 13.0 Å². The van der Waals surface area contributed by atoms with Crippen molar-refractivity contribution in [2.75, 3.05) is 33.0 Å². The molecule has 0 amide bonds. The van der Waals surface area contributed by atoms with Crippen LogP contribution in [0.15, 0.2) is 36.5 Å². The van der Waals surface area contributed by atoms with Gasteiger partial charge in [-0.05, 0) is 51.4 Å². The Balaban J connectivity index is 1.70. The second-order valence-corrected chi connectivity index (χ2v) is 21.9. The Morgan fingerprint density at radius 1 is 0.434 bits per heavy atom. The van der Waals surface area contributed by atoms with Crippen LogP contribution in [0.5, 0.6) is 0 Å². The zero-order chi connectivity index (χ0) is 55.1. The number of ether oxygens (including phenoxy) is 6. The lowest BCUT2D eigenvalue weighted by molar-refractivity contribution is -0.332. The third-order valence-corrected chi connectivity index (χ3v) is 14.9. The number of hydrogen-bond donors (Lipinski definition) is 7. The van der Waals surface area contributed by atoms with Gasteiger partial charge in [-0.25, -0.2) is 0 Å². The molecule has 0 spiro atoms. The van der Waals surface area contributed by atoms with E-state index in [0.29, 0.717) is 13.0 Å². The Morgan fingerprint density at radius 2 is 0.816 bits per heavy atom. The molecule has 7 N–H and O–H groups in total. The summed E-state index contributed by atoms with van der Waals surface area (Å²) in [5.74, 6) is -0.384. The minimum absolute atomic E-state index is 0.0595. The lowest BCUT2D eigenvalue weighted by Crippen LogP contribution is -2.61. The Kier molecular flexibility index (Phi) is 45.4. The molecule has 14 nitrogen and oxygen atoms in total. The molecule has 11 unspecified atom stereocenters. The molecule has 2 saturated heterocycles. The van der Waals surface area contributed by atoms with Crippen LogP contribution in [0, 0.1) is 0 Å². The van der Waals surface area contributed by atoms with E-state index in [1.807, 2.05) is 0 Å². The number of esters is 1. The topological polar surface area (TPSA) is 214 Å². The van der Waals surface area contributed by atoms with Gasteiger partial charge in [0.2, 0.25) is 0 Å². The Bertz CT molecular complexity index is 1400. The second kappa shape index (κ2) is 49.1. The molecule has 76 heavy (non-hydrogen) atoms. The fourth-order valence-electron chi connectivity index (χ4n) is 9.88. The number of aliphatic hydroxyl groups is 7. The van der Waals surface area contributed by atoms with Crippen LogP contribution in [-0.2, 0) is 33.2 Å². The lowest BCUT2D eigenvalue weighted by Gasteiger charge is -2.42. The van der Waals surface area contributed by atoms with Crippen molar-refractivity contribution in [2.24, 2.45) is 0 Å². The second-order valence-electron chi connectivity index (χ2n) is 21.9. The lowest BCUT2D eigenvalue weighted by atomic mass is 9.98. The van der Waals surface area contributed by atoms with Gasteiger partial charge < -0.3 is 64.2 Å². The number of allylic oxidation sites excluding steroid dienone is 6. The van der Waals surface area contributed by atoms with Crippen molar-refractivity contribution in [2.45, 2.75) is 319 Å². The van der Waals surface area contributed by atoms with Gasteiger partial charge in [-0.1, -0.05) is 230 Å². The zero-order valence-corrected chi connectivity index (χ0v) is 48.0. The monoisotopic (exact) mass is 1080 g/mol. The van der Waals surface area contributed by atoms with Crippen molar-refractivity contribution in [3.63, 3.8) is 0 Å². The maximum Gasteiger partial charge on any atom is 0.306 e. The van der Waals surface area contributed by atoms with Crippen LogP contribution in [0.4, 0.5) is 0 Å². The number of hydrogen-bond acceptors (Lipinski definition) is 14. The Morgan fingerprint density at radius 3 is 1.28 bits per heavy atom. The standard InChI is InChI=1S/C62H114O14/c1-3-5-7-9-11-13-15-17-19-21-23-25-27-29-31-33-35-37-39-41-43-45-54(64)74-51(48-71-46-44-42-40-38-36-34-32-30-28-26-24-22-20-18-16-14-12-10-8-6-4-2)49-72-61-60(70)58(68)56(66)53(76-61)50-73-62-59(69)57(67)55(65)52(47-63)75-62/h15,17,21,23,27,29,51-53,55-63,65-70H,3-14,16,18-20,22,24-26,28,30-50H2,1-2H3/b17-15-,23-21-,29-27-. The summed E-state index contributed by atoms with van der Waals surface area (Å²) in [4.78, 5) is 13.1. The molecule has 0 saturated carbocycles. The average molecular weight is 1080 g/mol. The highest BCUT2D eigenvalue weighted by molar-refractivity contribution is 5.69. The first-order chi connectivity index (χ1) is 37.1. The maximum absolute atomic E-state index is 13.1. The summed E-state index contributed by atoms with van der Waals surface area (Å²) < 4.78 is 34.5. The molecule has 2 aliphatic heterocycles. The van der Waals surface area contributed by atoms with Gasteiger partial charge in [0.05, 0.1) is 26.4 Å². The van der Waals surface area contributed by atoms with E-state index in [2.05, 4.69) is 50.3 Å². The van der Waals surface area contributed by atoms with Crippen LogP contribution in [0.25, 0.3) is 0 Å². The van der Waals surface area contributed by atoms with E-state index in [9.17, 15) is 40.5 Å². The molecule has 0 aromatic heterocycles. The van der Waals surface area contributed by atoms with E-state index in [1.165, 1.54) is 154 Å². The van der Waals surface area contributed by atoms with Crippen molar-refractivity contribution in [1.82, 2.24) is 0 Å². The van der Waals surface area contributed by atoms with Crippen LogP contribution in [0.3, 0.4) is 0 Å². The molecule has 446 valence electrons. The van der Waals surface area contributed by atoms with Gasteiger partial charge in [0.1, 0.15) is 54.9 Å². The highest BCUT2D eigenvalue weighted by Crippen LogP contribution is 2.27. The quantitative estimate of drug-likeness (QED) is 0.0172. The fourth-order valence-corrected chi connectivity index (χ4v) is 9.88. The predicted molar refractivity (Wildman–Crippen MR) is 303 cm³/mol. The van der Waals surface area contributed by atoms with E-state index >= 15 is 0 Å². The smallest absolute Gasteiger partial charge is 0.306 e. The summed E-state index contributed by atoms with van der Waals surface area (Å²) in [6.07, 6.45) is 42.0. The summed E-state index contributed by atoms with van der Waals surface area (Å²) in [7, 11) is 0. The SMILES string of the molecule is CCCCCCC/C=C\C/C=C\C/C=C\CCCCCCCCC(=O)OC(COCCCCCCCCCCCCCCCCCCCCCCC)COC1OC(COC2OC(CO)C(O)C(O)C2O)C(O)C(O)C1O. The molecular formula is C62H114O14. The van der Waals surface area contributed by atoms with Gasteiger partial charge in [-0.2, -0.15) is 0 Å². The third-order valence-electron chi connectivity index (χ3n) is 14.9. The van der Waals surface area contributed by atoms with Gasteiger partial charge in [0.25, 0.3) is 0 Å². The molecule has 0 aromatic rings. The first-order valence-corrected chi connectivity index (χ1v) is 31.1. The minimum Gasteiger partial charge on any atom is -0.457 e. The van der Waals surface area contributed by atoms with Crippen LogP contribution in [0.1, 0.15) is 251 Å². The Hall–Kier alpha value is -1.79. The Labute approximate surface area is 461 Å². The molecule has 2 fully saturated rings. The molecule has 14 heteroatoms. The first-order valence-electron chi connectivity index (χ1n) is 31.1. The summed E-state index contributed by atoms with van der Waals surface area (Å²) in [6.45, 7) is 3.71. The van der Waals surface area contributed by atoms with E-state index < -0.39 is 80.7 Å². The van der Waals surface area contributed by atoms with Crippen molar-refractivity contribution in [3.05, 3.63) is 36.5 Å². The summed E-state index contributed by atoms with van der Waals surface area (Å²) in [5.41, 5.74) is 0. The highest BCUT2D eigenvalue weighted by Gasteiger charge is 2.47. The summed E-state index contributed by atoms with van der Waals surface area (Å²) in [5, 5.41) is 72.4. The number of carbonyl (C=O) groups excluding carboxylic acids is 1. The first kappa shape index (κ1) is 70.3. The van der Waals surface area contributed by atoms with Crippen LogP contribution in [-0.4, -0.2) is 142 Å². The van der Waals surface area contributed by atoms with E-state index in [0.717, 1.165) is 70.6 Å². The van der Waals surface area contributed by atoms with Crippen molar-refractivity contribution in [1.29, 1.82) is 0 Å². The van der Waals surface area contributed by atoms with Crippen LogP contribution >= 0.6 is 0 Å². The van der Waals surface area contributed by atoms with Crippen molar-refractivity contribution in [3.8, 4) is 0 Å². The van der Waals surface area contributed by atoms with Gasteiger partial charge in [-0.3, -0.25) is 4.79 Å². The molecule has 0 bridgehead atoms. The van der Waals surface area contributed by atoms with E-state index in [4.69, 9.17) is 28.4 Å². The minimum atomic E-state index is -1.71. The number of unbranched alkanes of at least 4 members (excludes halogenated alkanes) is 31. The molecule has 2 aliphatic rings. The number of aliphatic hydroxyl groups excluding tert-OH is 7. The number of rotatable bonds is 51. The van der Waals surface area contributed by atoms with Crippen LogP contribution in [0.2, 0.25) is 0 Å². The predicted octanol–water partition coefficient (Wildman–Crippen LogP) is 11.7. The largest absolute Gasteiger partial charge is 0.457 e. The third kappa shape index (κ3) is 35.1. The van der Waals surface area contributed by atoms with Gasteiger partial charge in [0.15, 0.2) is 12.6 Å². The number of carbonyl (C=O) groups is 1. The van der Waals surface area contributed by atoms with E-state index in [-0.39, 0.29) is 25.6 Å². The van der Waals surface area contributed by atoms with E-state index in [1.54, 1.807) is 0 Å². The molecule has 2 heterocycles. The maximum atomic E-state index is 13.1. The van der Waals surface area contributed by atoms with Gasteiger partial charge >= 0.3 is 5.97 Å². The summed E-state index contributed by atoms with van der Waals surface area (Å²) >= 11 is 0. The van der Waals surface area contributed by atoms with Crippen molar-refractivity contribution < 1.29 is 69.0 Å². The van der Waals surface area contributed by atoms with Crippen LogP contribution < -0.4 is 0 Å². The highest BCUT2D eigenvalue weighted by atomic mass is 16.7. The molecule has 0 aliphatic carbocycles. The molecule has 2 rings (SSSR count). The molecular weight excluding hydrogens is 969 g/mol. The molecule has 0 radical (unpaired) electrons. The molecule has 11 atom stereocenters. The zero-order valence-electron chi connectivity index (χ0n) is 48.0. The van der Waals surface area contributed by atoms with Gasteiger partial charge in [-0.15, -0.1) is 0 Å². The average Bonchev–Trinajstić information content (AvgIpc) is 3.42. The fraction of sp³-hybridized carbons (Fsp3) is 0.887.